The van der Waals surface area contributed by atoms with Crippen LogP contribution in [0.25, 0.3) is 0 Å². The Bertz CT molecular complexity index is 540. The number of nitrogens with zero attached hydrogens (tertiary/aromatic N) is 2. The molecule has 1 aromatic carbocycles. The third-order valence-corrected chi connectivity index (χ3v) is 2.86. The fraction of sp³-hybridized carbons (Fsp3) is 0. The van der Waals surface area contributed by atoms with Crippen LogP contribution in [0.5, 0.6) is 0 Å². The van der Waals surface area contributed by atoms with Crippen LogP contribution in [0.1, 0.15) is 0 Å². The molecule has 0 amide bonds. The highest BCUT2D eigenvalue weighted by molar-refractivity contribution is 7.99. The third kappa shape index (κ3) is 2.76. The molecule has 0 bridgehead atoms. The maximum absolute atomic E-state index is 13.0. The zero-order valence-corrected chi connectivity index (χ0v) is 9.54. The van der Waals surface area contributed by atoms with E-state index in [0.29, 0.717) is 15.7 Å². The lowest BCUT2D eigenvalue weighted by atomic mass is 10.3. The second-order valence-electron chi connectivity index (χ2n) is 3.28. The highest BCUT2D eigenvalue weighted by atomic mass is 32.2. The molecule has 88 valence electrons. The van der Waals surface area contributed by atoms with Gasteiger partial charge in [0, 0.05) is 16.6 Å². The zero-order chi connectivity index (χ0) is 12.4. The van der Waals surface area contributed by atoms with Crippen molar-refractivity contribution in [2.45, 2.75) is 10.1 Å². The van der Waals surface area contributed by atoms with E-state index < -0.39 is 0 Å². The molecule has 0 spiro atoms. The molecule has 5 nitrogen and oxygen atoms in total. The van der Waals surface area contributed by atoms with Crippen molar-refractivity contribution in [3.63, 3.8) is 0 Å². The minimum absolute atomic E-state index is 0.259. The van der Waals surface area contributed by atoms with E-state index in [1.54, 1.807) is 0 Å². The Hall–Kier alpha value is -2.02. The highest BCUT2D eigenvalue weighted by Gasteiger charge is 2.07. The molecule has 2 rings (SSSR count). The van der Waals surface area contributed by atoms with Gasteiger partial charge >= 0.3 is 0 Å². The van der Waals surface area contributed by atoms with Gasteiger partial charge in [-0.2, -0.15) is 0 Å². The van der Waals surface area contributed by atoms with E-state index in [9.17, 15) is 4.39 Å². The van der Waals surface area contributed by atoms with E-state index in [1.165, 1.54) is 24.3 Å². The summed E-state index contributed by atoms with van der Waals surface area (Å²) >= 11 is 1.11. The Balaban J connectivity index is 2.34. The van der Waals surface area contributed by atoms with Crippen molar-refractivity contribution in [1.82, 2.24) is 9.97 Å². The summed E-state index contributed by atoms with van der Waals surface area (Å²) in [4.78, 5) is 8.47. The van der Waals surface area contributed by atoms with Crippen LogP contribution in [0.2, 0.25) is 0 Å². The number of nitrogens with two attached hydrogens (primary N) is 3. The van der Waals surface area contributed by atoms with Gasteiger partial charge in [0.05, 0.1) is 0 Å². The van der Waals surface area contributed by atoms with Crippen molar-refractivity contribution in [2.24, 2.45) is 0 Å². The molecule has 7 heteroatoms. The summed E-state index contributed by atoms with van der Waals surface area (Å²) in [5.74, 6) is 0.142. The summed E-state index contributed by atoms with van der Waals surface area (Å²) in [5, 5.41) is 0.333. The van der Waals surface area contributed by atoms with E-state index >= 15 is 0 Å². The van der Waals surface area contributed by atoms with Gasteiger partial charge in [0.2, 0.25) is 0 Å². The van der Waals surface area contributed by atoms with Crippen LogP contribution in [0, 0.1) is 5.82 Å². The molecule has 0 saturated heterocycles. The number of nitrogen functional groups attached to an aromatic ring is 3. The van der Waals surface area contributed by atoms with Gasteiger partial charge in [-0.05, 0) is 30.0 Å². The van der Waals surface area contributed by atoms with Crippen LogP contribution in [0.4, 0.5) is 21.7 Å². The number of rotatable bonds is 2. The molecule has 0 aliphatic heterocycles. The summed E-state index contributed by atoms with van der Waals surface area (Å²) in [6, 6.07) is 5.52. The molecule has 6 N–H and O–H groups in total. The topological polar surface area (TPSA) is 104 Å². The van der Waals surface area contributed by atoms with Crippen LogP contribution < -0.4 is 17.2 Å². The normalized spacial score (nSPS) is 10.4. The number of hydrogen-bond acceptors (Lipinski definition) is 6. The lowest BCUT2D eigenvalue weighted by molar-refractivity contribution is 0.624. The van der Waals surface area contributed by atoms with Crippen LogP contribution in [-0.2, 0) is 0 Å². The van der Waals surface area contributed by atoms with Crippen molar-refractivity contribution in [1.29, 1.82) is 0 Å². The first-order valence-corrected chi connectivity index (χ1v) is 5.49. The highest BCUT2D eigenvalue weighted by Crippen LogP contribution is 2.31. The molecule has 0 radical (unpaired) electrons. The molecule has 2 aromatic rings. The fourth-order valence-corrected chi connectivity index (χ4v) is 2.06. The summed E-state index contributed by atoms with van der Waals surface area (Å²) < 4.78 is 13.0. The van der Waals surface area contributed by atoms with E-state index in [1.807, 2.05) is 0 Å². The molecule has 0 aliphatic rings. The summed E-state index contributed by atoms with van der Waals surface area (Å²) in [5.41, 5.74) is 17.2. The van der Waals surface area contributed by atoms with Crippen LogP contribution >= 0.6 is 11.8 Å². The fourth-order valence-electron chi connectivity index (χ4n) is 1.20. The summed E-state index contributed by atoms with van der Waals surface area (Å²) in [7, 11) is 0. The first-order chi connectivity index (χ1) is 8.04. The number of aromatic nitrogens is 2. The van der Waals surface area contributed by atoms with Crippen molar-refractivity contribution in [3.05, 3.63) is 30.1 Å². The van der Waals surface area contributed by atoms with Crippen LogP contribution in [-0.4, -0.2) is 9.97 Å². The van der Waals surface area contributed by atoms with Crippen molar-refractivity contribution >= 4 is 29.1 Å². The molecular formula is C10H10FN5S. The van der Waals surface area contributed by atoms with Gasteiger partial charge in [0.1, 0.15) is 17.5 Å². The molecule has 0 aliphatic carbocycles. The van der Waals surface area contributed by atoms with Crippen molar-refractivity contribution < 1.29 is 4.39 Å². The maximum Gasteiger partial charge on any atom is 0.196 e. The molecular weight excluding hydrogens is 241 g/mol. The van der Waals surface area contributed by atoms with Gasteiger partial charge in [0.25, 0.3) is 0 Å². The number of benzene rings is 1. The molecule has 0 atom stereocenters. The Morgan fingerprint density at radius 1 is 1.00 bits per heavy atom. The first-order valence-electron chi connectivity index (χ1n) is 4.67. The predicted molar refractivity (Wildman–Crippen MR) is 65.8 cm³/mol. The van der Waals surface area contributed by atoms with E-state index in [0.717, 1.165) is 11.8 Å². The average Bonchev–Trinajstić information content (AvgIpc) is 2.22. The predicted octanol–water partition coefficient (Wildman–Crippen LogP) is 1.51. The minimum Gasteiger partial charge on any atom is -0.398 e. The summed E-state index contributed by atoms with van der Waals surface area (Å²) in [6.45, 7) is 0. The zero-order valence-electron chi connectivity index (χ0n) is 8.72. The minimum atomic E-state index is -0.376. The Kier molecular flexibility index (Phi) is 3.01. The van der Waals surface area contributed by atoms with Crippen molar-refractivity contribution in [3.8, 4) is 0 Å². The first kappa shape index (κ1) is 11.5. The van der Waals surface area contributed by atoms with Crippen LogP contribution in [0.3, 0.4) is 0 Å². The van der Waals surface area contributed by atoms with Crippen LogP contribution in [0.15, 0.2) is 34.3 Å². The van der Waals surface area contributed by atoms with E-state index in [2.05, 4.69) is 9.97 Å². The lowest BCUT2D eigenvalue weighted by Gasteiger charge is -2.05. The van der Waals surface area contributed by atoms with Gasteiger partial charge in [-0.3, -0.25) is 0 Å². The third-order valence-electron chi connectivity index (χ3n) is 1.92. The molecule has 0 fully saturated rings. The van der Waals surface area contributed by atoms with E-state index in [-0.39, 0.29) is 17.5 Å². The van der Waals surface area contributed by atoms with E-state index in [4.69, 9.17) is 17.2 Å². The average molecular weight is 251 g/mol. The Morgan fingerprint density at radius 2 is 1.65 bits per heavy atom. The lowest BCUT2D eigenvalue weighted by Crippen LogP contribution is -1.99. The van der Waals surface area contributed by atoms with Gasteiger partial charge in [-0.15, -0.1) is 0 Å². The SMILES string of the molecule is Nc1cc(N)nc(Sc2cc(F)ccc2N)n1. The number of anilines is 3. The van der Waals surface area contributed by atoms with Gasteiger partial charge < -0.3 is 17.2 Å². The second kappa shape index (κ2) is 4.46. The maximum atomic E-state index is 13.0. The molecule has 0 unspecified atom stereocenters. The Morgan fingerprint density at radius 3 is 2.29 bits per heavy atom. The largest absolute Gasteiger partial charge is 0.398 e. The van der Waals surface area contributed by atoms with Gasteiger partial charge in [0.15, 0.2) is 5.16 Å². The molecule has 1 aromatic heterocycles. The smallest absolute Gasteiger partial charge is 0.196 e. The number of hydrogen-bond donors (Lipinski definition) is 3. The standard InChI is InChI=1S/C10H10FN5S/c11-5-1-2-6(12)7(3-5)17-10-15-8(13)4-9(14)16-10/h1-4H,12H2,(H4,13,14,15,16). The quantitative estimate of drug-likeness (QED) is 0.552. The van der Waals surface area contributed by atoms with Gasteiger partial charge in [-0.1, -0.05) is 0 Å². The molecule has 1 heterocycles. The molecule has 17 heavy (non-hydrogen) atoms. The Labute approximate surface area is 101 Å². The second-order valence-corrected chi connectivity index (χ2v) is 4.29. The van der Waals surface area contributed by atoms with Crippen molar-refractivity contribution in [2.75, 3.05) is 17.2 Å². The molecule has 0 saturated carbocycles. The summed E-state index contributed by atoms with van der Waals surface area (Å²) in [6.07, 6.45) is 0. The monoisotopic (exact) mass is 251 g/mol. The number of halogens is 1. The van der Waals surface area contributed by atoms with Gasteiger partial charge in [-0.25, -0.2) is 14.4 Å².